The van der Waals surface area contributed by atoms with Gasteiger partial charge in [0.25, 0.3) is 5.91 Å². The van der Waals surface area contributed by atoms with Crippen LogP contribution in [0.5, 0.6) is 0 Å². The van der Waals surface area contributed by atoms with Gasteiger partial charge in [0.15, 0.2) is 0 Å². The van der Waals surface area contributed by atoms with Crippen molar-refractivity contribution in [2.75, 3.05) is 5.32 Å². The summed E-state index contributed by atoms with van der Waals surface area (Å²) in [5, 5.41) is 6.08. The number of nitrogens with one attached hydrogen (secondary N) is 2. The van der Waals surface area contributed by atoms with Crippen LogP contribution in [0, 0.1) is 17.8 Å². The van der Waals surface area contributed by atoms with Crippen LogP contribution in [-0.2, 0) is 4.79 Å². The van der Waals surface area contributed by atoms with E-state index in [2.05, 4.69) is 24.5 Å². The Morgan fingerprint density at radius 3 is 2.50 bits per heavy atom. The van der Waals surface area contributed by atoms with E-state index in [9.17, 15) is 9.59 Å². The second-order valence-corrected chi connectivity index (χ2v) is 7.49. The Bertz CT molecular complexity index is 605. The molecule has 2 unspecified atom stereocenters. The molecule has 0 radical (unpaired) electrons. The molecule has 2 fully saturated rings. The van der Waals surface area contributed by atoms with Crippen LogP contribution in [0.15, 0.2) is 24.3 Å². The Morgan fingerprint density at radius 1 is 1.17 bits per heavy atom. The van der Waals surface area contributed by atoms with Crippen molar-refractivity contribution in [3.63, 3.8) is 0 Å². The maximum Gasteiger partial charge on any atom is 0.251 e. The van der Waals surface area contributed by atoms with Crippen molar-refractivity contribution in [3.05, 3.63) is 29.8 Å². The fourth-order valence-electron chi connectivity index (χ4n) is 3.64. The zero-order valence-corrected chi connectivity index (χ0v) is 14.7. The van der Waals surface area contributed by atoms with E-state index in [-0.39, 0.29) is 23.8 Å². The Morgan fingerprint density at radius 2 is 1.88 bits per heavy atom. The van der Waals surface area contributed by atoms with Crippen molar-refractivity contribution in [3.8, 4) is 0 Å². The Balaban J connectivity index is 1.55. The van der Waals surface area contributed by atoms with Gasteiger partial charge in [-0.05, 0) is 62.1 Å². The molecule has 3 rings (SSSR count). The summed E-state index contributed by atoms with van der Waals surface area (Å²) in [6.45, 7) is 4.33. The number of hydrogen-bond acceptors (Lipinski definition) is 2. The van der Waals surface area contributed by atoms with E-state index in [0.717, 1.165) is 25.2 Å². The average Bonchev–Trinajstić information content (AvgIpc) is 3.33. The first-order valence-electron chi connectivity index (χ1n) is 9.28. The molecule has 2 saturated carbocycles. The molecule has 0 spiro atoms. The van der Waals surface area contributed by atoms with E-state index < -0.39 is 0 Å². The van der Waals surface area contributed by atoms with Gasteiger partial charge >= 0.3 is 0 Å². The third kappa shape index (κ3) is 4.16. The molecule has 0 heterocycles. The highest BCUT2D eigenvalue weighted by Gasteiger charge is 2.39. The summed E-state index contributed by atoms with van der Waals surface area (Å²) >= 11 is 0. The molecule has 130 valence electrons. The molecule has 2 amide bonds. The maximum atomic E-state index is 12.5. The summed E-state index contributed by atoms with van der Waals surface area (Å²) in [4.78, 5) is 24.5. The number of carbonyl (C=O) groups is 2. The standard InChI is InChI=1S/C20H28N2O2/c1-3-14-7-9-16(10-8-14)21-19(23)15-5-4-6-17(12-15)22-20(24)18-11-13(18)2/h4-6,12-14,16,18H,3,7-11H2,1-2H3,(H,21,23)(H,22,24). The number of benzene rings is 1. The summed E-state index contributed by atoms with van der Waals surface area (Å²) in [5.74, 6) is 1.47. The van der Waals surface area contributed by atoms with E-state index in [1.807, 2.05) is 18.2 Å². The normalized spacial score (nSPS) is 28.9. The van der Waals surface area contributed by atoms with Gasteiger partial charge in [-0.3, -0.25) is 9.59 Å². The lowest BCUT2D eigenvalue weighted by Gasteiger charge is -2.28. The van der Waals surface area contributed by atoms with Gasteiger partial charge in [-0.1, -0.05) is 26.3 Å². The zero-order chi connectivity index (χ0) is 17.1. The summed E-state index contributed by atoms with van der Waals surface area (Å²) in [7, 11) is 0. The van der Waals surface area contributed by atoms with Gasteiger partial charge < -0.3 is 10.6 Å². The highest BCUT2D eigenvalue weighted by atomic mass is 16.2. The predicted molar refractivity (Wildman–Crippen MR) is 95.8 cm³/mol. The molecule has 4 heteroatoms. The average molecular weight is 328 g/mol. The van der Waals surface area contributed by atoms with E-state index in [1.165, 1.54) is 19.3 Å². The number of hydrogen-bond donors (Lipinski definition) is 2. The van der Waals surface area contributed by atoms with Crippen LogP contribution in [0.1, 0.15) is 62.7 Å². The van der Waals surface area contributed by atoms with Crippen LogP contribution < -0.4 is 10.6 Å². The van der Waals surface area contributed by atoms with Crippen molar-refractivity contribution in [2.24, 2.45) is 17.8 Å². The summed E-state index contributed by atoms with van der Waals surface area (Å²) in [6, 6.07) is 7.54. The molecule has 0 bridgehead atoms. The summed E-state index contributed by atoms with van der Waals surface area (Å²) in [5.41, 5.74) is 1.33. The van der Waals surface area contributed by atoms with Crippen molar-refractivity contribution in [1.29, 1.82) is 0 Å². The van der Waals surface area contributed by atoms with E-state index in [4.69, 9.17) is 0 Å². The van der Waals surface area contributed by atoms with Gasteiger partial charge in [0, 0.05) is 23.2 Å². The Hall–Kier alpha value is -1.84. The first-order chi connectivity index (χ1) is 11.6. The minimum Gasteiger partial charge on any atom is -0.349 e. The molecule has 0 aliphatic heterocycles. The van der Waals surface area contributed by atoms with Crippen molar-refractivity contribution < 1.29 is 9.59 Å². The van der Waals surface area contributed by atoms with E-state index >= 15 is 0 Å². The number of anilines is 1. The fourth-order valence-corrected chi connectivity index (χ4v) is 3.64. The SMILES string of the molecule is CCC1CCC(NC(=O)c2cccc(NC(=O)C3CC3C)c2)CC1. The molecule has 0 saturated heterocycles. The van der Waals surface area contributed by atoms with Gasteiger partial charge in [0.2, 0.25) is 5.91 Å². The molecule has 2 aliphatic carbocycles. The predicted octanol–water partition coefficient (Wildman–Crippen LogP) is 3.98. The van der Waals surface area contributed by atoms with Gasteiger partial charge in [0.1, 0.15) is 0 Å². The lowest BCUT2D eigenvalue weighted by atomic mass is 9.84. The second-order valence-electron chi connectivity index (χ2n) is 7.49. The minimum absolute atomic E-state index is 0.0363. The number of amides is 2. The van der Waals surface area contributed by atoms with Gasteiger partial charge in [0.05, 0.1) is 0 Å². The van der Waals surface area contributed by atoms with Crippen LogP contribution in [0.2, 0.25) is 0 Å². The number of carbonyl (C=O) groups excluding carboxylic acids is 2. The first kappa shape index (κ1) is 17.0. The largest absolute Gasteiger partial charge is 0.349 e. The molecule has 24 heavy (non-hydrogen) atoms. The molecule has 0 aromatic heterocycles. The molecular weight excluding hydrogens is 300 g/mol. The molecule has 2 aliphatic rings. The highest BCUT2D eigenvalue weighted by Crippen LogP contribution is 2.38. The fraction of sp³-hybridized carbons (Fsp3) is 0.600. The lowest BCUT2D eigenvalue weighted by Crippen LogP contribution is -2.37. The quantitative estimate of drug-likeness (QED) is 0.859. The van der Waals surface area contributed by atoms with Crippen LogP contribution in [0.3, 0.4) is 0 Å². The summed E-state index contributed by atoms with van der Waals surface area (Å²) < 4.78 is 0. The molecule has 2 N–H and O–H groups in total. The lowest BCUT2D eigenvalue weighted by molar-refractivity contribution is -0.117. The summed E-state index contributed by atoms with van der Waals surface area (Å²) in [6.07, 6.45) is 6.75. The van der Waals surface area contributed by atoms with Gasteiger partial charge in [-0.15, -0.1) is 0 Å². The molecular formula is C20H28N2O2. The van der Waals surface area contributed by atoms with Crippen molar-refractivity contribution in [1.82, 2.24) is 5.32 Å². The van der Waals surface area contributed by atoms with Gasteiger partial charge in [-0.25, -0.2) is 0 Å². The molecule has 2 atom stereocenters. The van der Waals surface area contributed by atoms with Crippen LogP contribution in [0.4, 0.5) is 5.69 Å². The zero-order valence-electron chi connectivity index (χ0n) is 14.7. The number of rotatable bonds is 5. The second kappa shape index (κ2) is 7.37. The minimum atomic E-state index is -0.0363. The molecule has 4 nitrogen and oxygen atoms in total. The van der Waals surface area contributed by atoms with E-state index in [0.29, 0.717) is 17.2 Å². The Labute approximate surface area is 144 Å². The third-order valence-electron chi connectivity index (χ3n) is 5.60. The Kier molecular flexibility index (Phi) is 5.22. The van der Waals surface area contributed by atoms with Crippen LogP contribution in [-0.4, -0.2) is 17.9 Å². The maximum absolute atomic E-state index is 12.5. The van der Waals surface area contributed by atoms with Crippen molar-refractivity contribution >= 4 is 17.5 Å². The van der Waals surface area contributed by atoms with Crippen LogP contribution >= 0.6 is 0 Å². The molecule has 1 aromatic carbocycles. The van der Waals surface area contributed by atoms with Crippen molar-refractivity contribution in [2.45, 2.75) is 58.4 Å². The monoisotopic (exact) mass is 328 g/mol. The van der Waals surface area contributed by atoms with Gasteiger partial charge in [-0.2, -0.15) is 0 Å². The first-order valence-corrected chi connectivity index (χ1v) is 9.28. The third-order valence-corrected chi connectivity index (χ3v) is 5.60. The molecule has 1 aromatic rings. The van der Waals surface area contributed by atoms with Crippen LogP contribution in [0.25, 0.3) is 0 Å². The topological polar surface area (TPSA) is 58.2 Å². The smallest absolute Gasteiger partial charge is 0.251 e. The van der Waals surface area contributed by atoms with E-state index in [1.54, 1.807) is 6.07 Å². The highest BCUT2D eigenvalue weighted by molar-refractivity contribution is 5.98.